The van der Waals surface area contributed by atoms with Crippen LogP contribution in [0, 0.1) is 0 Å². The van der Waals surface area contributed by atoms with Gasteiger partial charge in [-0.15, -0.1) is 0 Å². The lowest BCUT2D eigenvalue weighted by Crippen LogP contribution is -2.16. The molecule has 4 aliphatic rings. The van der Waals surface area contributed by atoms with Gasteiger partial charge in [-0.1, -0.05) is 132 Å². The summed E-state index contributed by atoms with van der Waals surface area (Å²) in [6.45, 7) is 34.0. The fourth-order valence-corrected chi connectivity index (χ4v) is 11.4. The molecule has 0 saturated carbocycles. The number of fused-ring (bicyclic) bond motifs is 10. The zero-order valence-corrected chi connectivity index (χ0v) is 54.8. The summed E-state index contributed by atoms with van der Waals surface area (Å²) in [4.78, 5) is 19.6. The number of rotatable bonds is 4. The van der Waals surface area contributed by atoms with E-state index >= 15 is 0 Å². The number of benzene rings is 4. The standard InChI is InChI=1S/C76H90N4O10/c1-73(2,3)53-41-51(42-54(47-53)74(4,5)6)71-61-19-15-57(77-61)69(49-13-23-65-67(45-49)89-39-35-85-31-27-81-25-29-83-33-37-87-65)59-17-21-63(79-59)72(52-43-55(75(7,8)9)48-56(44-52)76(10,11)12)64-22-18-60(80-64)70(58-16-20-62(71)78-58)50-14-24-66-68(46-50)90-40-36-86-32-28-82-26-30-84-34-38-88-66/h13-24,41-48,77,80H,25-40H2,1-12H3. The second-order valence-electron chi connectivity index (χ2n) is 27.5. The van der Waals surface area contributed by atoms with Crippen molar-refractivity contribution in [2.24, 2.45) is 0 Å². The van der Waals surface area contributed by atoms with Crippen molar-refractivity contribution in [3.05, 3.63) is 142 Å². The maximum absolute atomic E-state index is 6.58. The summed E-state index contributed by atoms with van der Waals surface area (Å²) < 4.78 is 60.9. The number of nitrogens with zero attached hydrogens (tertiary/aromatic N) is 2. The van der Waals surface area contributed by atoms with Gasteiger partial charge in [-0.2, -0.15) is 0 Å². The predicted octanol–water partition coefficient (Wildman–Crippen LogP) is 16.2. The summed E-state index contributed by atoms with van der Waals surface area (Å²) >= 11 is 0. The van der Waals surface area contributed by atoms with Gasteiger partial charge in [0, 0.05) is 44.3 Å². The smallest absolute Gasteiger partial charge is 0.161 e. The Morgan fingerprint density at radius 2 is 0.511 bits per heavy atom. The van der Waals surface area contributed by atoms with Gasteiger partial charge < -0.3 is 57.3 Å². The van der Waals surface area contributed by atoms with E-state index in [1.54, 1.807) is 0 Å². The third kappa shape index (κ3) is 15.3. The Morgan fingerprint density at radius 3 is 0.778 bits per heavy atom. The minimum atomic E-state index is -0.164. The van der Waals surface area contributed by atoms with Crippen molar-refractivity contribution in [2.75, 3.05) is 106 Å². The van der Waals surface area contributed by atoms with Gasteiger partial charge in [0.05, 0.1) is 102 Å². The quantitative estimate of drug-likeness (QED) is 0.173. The largest absolute Gasteiger partial charge is 0.487 e. The molecular formula is C76H90N4O10. The minimum Gasteiger partial charge on any atom is -0.487 e. The van der Waals surface area contributed by atoms with E-state index in [-0.39, 0.29) is 21.7 Å². The maximum atomic E-state index is 6.58. The van der Waals surface area contributed by atoms with Crippen LogP contribution in [0.5, 0.6) is 23.0 Å². The molecule has 0 fully saturated rings. The third-order valence-corrected chi connectivity index (χ3v) is 16.6. The zero-order valence-electron chi connectivity index (χ0n) is 54.8. The van der Waals surface area contributed by atoms with Gasteiger partial charge in [0.1, 0.15) is 26.4 Å². The molecule has 0 amide bonds. The van der Waals surface area contributed by atoms with Crippen molar-refractivity contribution in [2.45, 2.75) is 105 Å². The molecule has 7 heterocycles. The van der Waals surface area contributed by atoms with E-state index in [4.69, 9.17) is 57.3 Å². The molecule has 474 valence electrons. The van der Waals surface area contributed by atoms with Crippen LogP contribution in [0.1, 0.15) is 128 Å². The first-order chi connectivity index (χ1) is 43.2. The lowest BCUT2D eigenvalue weighted by molar-refractivity contribution is 0.00708. The number of nitrogens with one attached hydrogen (secondary N) is 2. The summed E-state index contributed by atoms with van der Waals surface area (Å²) in [5, 5.41) is 0. The highest BCUT2D eigenvalue weighted by Gasteiger charge is 2.27. The molecule has 0 radical (unpaired) electrons. The highest BCUT2D eigenvalue weighted by atomic mass is 16.6. The number of H-pyrrole nitrogens is 2. The number of hydrogen-bond donors (Lipinski definition) is 2. The highest BCUT2D eigenvalue weighted by Crippen LogP contribution is 2.44. The number of hydrogen-bond acceptors (Lipinski definition) is 12. The number of aromatic nitrogens is 4. The monoisotopic (exact) mass is 1220 g/mol. The lowest BCUT2D eigenvalue weighted by atomic mass is 9.78. The molecule has 90 heavy (non-hydrogen) atoms. The molecule has 8 bridgehead atoms. The summed E-state index contributed by atoms with van der Waals surface area (Å²) in [6, 6.07) is 35.1. The van der Waals surface area contributed by atoms with Gasteiger partial charge >= 0.3 is 0 Å². The first-order valence-corrected chi connectivity index (χ1v) is 31.9. The summed E-state index contributed by atoms with van der Waals surface area (Å²) in [5.74, 6) is 2.39. The van der Waals surface area contributed by atoms with Crippen LogP contribution in [-0.4, -0.2) is 126 Å². The molecule has 7 aromatic rings. The normalized spacial score (nSPS) is 16.4. The Hall–Kier alpha value is -7.56. The summed E-state index contributed by atoms with van der Waals surface area (Å²) in [6.07, 6.45) is 8.60. The molecule has 4 aliphatic heterocycles. The van der Waals surface area contributed by atoms with Gasteiger partial charge in [0.25, 0.3) is 0 Å². The molecule has 2 N–H and O–H groups in total. The fraction of sp³-hybridized carbons (Fsp3) is 0.421. The van der Waals surface area contributed by atoms with Crippen LogP contribution in [0.4, 0.5) is 0 Å². The highest BCUT2D eigenvalue weighted by molar-refractivity contribution is 6.00. The molecule has 0 spiro atoms. The van der Waals surface area contributed by atoms with Crippen LogP contribution in [-0.2, 0) is 50.1 Å². The third-order valence-electron chi connectivity index (χ3n) is 16.6. The van der Waals surface area contributed by atoms with Gasteiger partial charge in [-0.05, 0) is 139 Å². The molecule has 4 aromatic carbocycles. The van der Waals surface area contributed by atoms with Crippen LogP contribution in [0.2, 0.25) is 0 Å². The van der Waals surface area contributed by atoms with Crippen molar-refractivity contribution >= 4 is 46.4 Å². The van der Waals surface area contributed by atoms with Crippen molar-refractivity contribution in [3.63, 3.8) is 0 Å². The summed E-state index contributed by atoms with van der Waals surface area (Å²) in [5.41, 5.74) is 18.4. The molecule has 0 saturated heterocycles. The van der Waals surface area contributed by atoms with E-state index in [2.05, 4.69) is 202 Å². The first kappa shape index (κ1) is 64.0. The fourth-order valence-electron chi connectivity index (χ4n) is 11.4. The van der Waals surface area contributed by atoms with Crippen LogP contribution < -0.4 is 18.9 Å². The predicted molar refractivity (Wildman–Crippen MR) is 362 cm³/mol. The van der Waals surface area contributed by atoms with Crippen LogP contribution in [0.25, 0.3) is 90.9 Å². The Labute approximate surface area is 531 Å². The number of aromatic amines is 2. The molecule has 0 aliphatic carbocycles. The van der Waals surface area contributed by atoms with Gasteiger partial charge in [0.2, 0.25) is 0 Å². The molecule has 0 unspecified atom stereocenters. The average Bonchev–Trinajstić information content (AvgIpc) is 1.55. The van der Waals surface area contributed by atoms with Crippen LogP contribution in [0.3, 0.4) is 0 Å². The van der Waals surface area contributed by atoms with Crippen molar-refractivity contribution in [1.82, 2.24) is 19.9 Å². The second kappa shape index (κ2) is 27.5. The van der Waals surface area contributed by atoms with Crippen molar-refractivity contribution in [1.29, 1.82) is 0 Å². The maximum Gasteiger partial charge on any atom is 0.161 e. The van der Waals surface area contributed by atoms with E-state index in [9.17, 15) is 0 Å². The molecule has 11 rings (SSSR count). The minimum absolute atomic E-state index is 0.164. The zero-order chi connectivity index (χ0) is 63.2. The van der Waals surface area contributed by atoms with Gasteiger partial charge in [-0.3, -0.25) is 0 Å². The molecule has 14 heteroatoms. The number of ether oxygens (including phenoxy) is 10. The first-order valence-electron chi connectivity index (χ1n) is 31.9. The molecule has 3 aromatic heterocycles. The Morgan fingerprint density at radius 1 is 0.267 bits per heavy atom. The van der Waals surface area contributed by atoms with Crippen LogP contribution >= 0.6 is 0 Å². The van der Waals surface area contributed by atoms with Gasteiger partial charge in [0.15, 0.2) is 23.0 Å². The van der Waals surface area contributed by atoms with Crippen molar-refractivity contribution < 1.29 is 47.4 Å². The average molecular weight is 1220 g/mol. The lowest BCUT2D eigenvalue weighted by Gasteiger charge is -2.26. The summed E-state index contributed by atoms with van der Waals surface area (Å²) in [7, 11) is 0. The molecular weight excluding hydrogens is 1130 g/mol. The Balaban J connectivity index is 1.23. The second-order valence-corrected chi connectivity index (χ2v) is 27.5. The van der Waals surface area contributed by atoms with E-state index in [1.807, 2.05) is 12.1 Å². The SMILES string of the molecule is CC(C)(C)c1cc(-c2c3nc(c(-c4ccc5c(c4)OCCOCCOCCOCCO5)c4ccc([nH]4)c(-c4cc(C(C)(C)C)cc(C(C)(C)C)c4)c4nc(c(-c5ccc6c(c5)OCCOCCOCCOCCO6)c5ccc2[nH]5)C=C4)C=C3)cc(C(C)(C)C)c1. The Kier molecular flexibility index (Phi) is 19.5. The molecule has 14 nitrogen and oxygen atoms in total. The van der Waals surface area contributed by atoms with Crippen molar-refractivity contribution in [3.8, 4) is 67.5 Å². The van der Waals surface area contributed by atoms with Gasteiger partial charge in [-0.25, -0.2) is 9.97 Å². The van der Waals surface area contributed by atoms with Crippen LogP contribution in [0.15, 0.2) is 97.1 Å². The van der Waals surface area contributed by atoms with E-state index in [0.29, 0.717) is 129 Å². The topological polar surface area (TPSA) is 150 Å². The Bertz CT molecular complexity index is 3620. The molecule has 0 atom stereocenters. The van der Waals surface area contributed by atoms with E-state index in [1.165, 1.54) is 22.3 Å². The van der Waals surface area contributed by atoms with E-state index < -0.39 is 0 Å². The van der Waals surface area contributed by atoms with E-state index in [0.717, 1.165) is 89.4 Å².